The van der Waals surface area contributed by atoms with Gasteiger partial charge in [-0.2, -0.15) is 0 Å². The van der Waals surface area contributed by atoms with Crippen LogP contribution in [0.25, 0.3) is 0 Å². The topological polar surface area (TPSA) is 130 Å². The predicted molar refractivity (Wildman–Crippen MR) is 111 cm³/mol. The number of aryl methyl sites for hydroxylation is 1. The number of carbonyl (C=O) groups excluding carboxylic acids is 4. The zero-order valence-electron chi connectivity index (χ0n) is 18.0. The molecule has 2 aromatic rings. The van der Waals surface area contributed by atoms with Gasteiger partial charge in [-0.25, -0.2) is 9.78 Å². The average Bonchev–Trinajstić information content (AvgIpc) is 2.80. The number of hydrogen-bond donors (Lipinski definition) is 1. The van der Waals surface area contributed by atoms with Gasteiger partial charge in [-0.15, -0.1) is 0 Å². The maximum absolute atomic E-state index is 12.7. The number of nitrogens with zero attached hydrogens (tertiary/aromatic N) is 1. The second-order valence-corrected chi connectivity index (χ2v) is 6.50. The SMILES string of the molecule is COC(=O)C(COC(=O)CCc1ccccc1)NC(=O)c1nccc(OC)c1OC(C)=O. The molecule has 32 heavy (non-hydrogen) atoms. The molecule has 170 valence electrons. The molecule has 0 saturated carbocycles. The molecule has 1 atom stereocenters. The molecular formula is C22H24N2O8. The first-order valence-electron chi connectivity index (χ1n) is 9.65. The number of pyridine rings is 1. The van der Waals surface area contributed by atoms with Crippen molar-refractivity contribution < 1.29 is 38.1 Å². The lowest BCUT2D eigenvalue weighted by atomic mass is 10.1. The molecule has 1 heterocycles. The van der Waals surface area contributed by atoms with Crippen molar-refractivity contribution in [3.05, 3.63) is 53.9 Å². The van der Waals surface area contributed by atoms with Gasteiger partial charge in [0.2, 0.25) is 5.75 Å². The summed E-state index contributed by atoms with van der Waals surface area (Å²) in [5, 5.41) is 2.38. The molecule has 10 nitrogen and oxygen atoms in total. The molecule has 0 spiro atoms. The minimum Gasteiger partial charge on any atom is -0.493 e. The number of benzene rings is 1. The van der Waals surface area contributed by atoms with E-state index in [0.29, 0.717) is 6.42 Å². The van der Waals surface area contributed by atoms with Crippen molar-refractivity contribution >= 4 is 23.8 Å². The minimum atomic E-state index is -1.30. The molecule has 0 aliphatic heterocycles. The summed E-state index contributed by atoms with van der Waals surface area (Å²) in [5.74, 6) is -3.02. The Bertz CT molecular complexity index is 962. The highest BCUT2D eigenvalue weighted by atomic mass is 16.6. The Balaban J connectivity index is 2.06. The molecule has 1 aromatic heterocycles. The number of rotatable bonds is 10. The number of carbonyl (C=O) groups is 4. The second-order valence-electron chi connectivity index (χ2n) is 6.50. The van der Waals surface area contributed by atoms with Crippen LogP contribution in [0.4, 0.5) is 0 Å². The van der Waals surface area contributed by atoms with E-state index in [1.807, 2.05) is 30.3 Å². The van der Waals surface area contributed by atoms with E-state index in [9.17, 15) is 19.2 Å². The normalized spacial score (nSPS) is 11.1. The summed E-state index contributed by atoms with van der Waals surface area (Å²) in [4.78, 5) is 52.2. The van der Waals surface area contributed by atoms with Crippen LogP contribution >= 0.6 is 0 Å². The molecular weight excluding hydrogens is 420 g/mol. The van der Waals surface area contributed by atoms with Crippen molar-refractivity contribution in [3.63, 3.8) is 0 Å². The van der Waals surface area contributed by atoms with Gasteiger partial charge in [0.1, 0.15) is 6.61 Å². The molecule has 2 rings (SSSR count). The van der Waals surface area contributed by atoms with E-state index in [4.69, 9.17) is 14.2 Å². The van der Waals surface area contributed by atoms with Gasteiger partial charge in [0.15, 0.2) is 17.5 Å². The molecule has 0 fully saturated rings. The summed E-state index contributed by atoms with van der Waals surface area (Å²) in [6, 6.07) is 9.46. The smallest absolute Gasteiger partial charge is 0.331 e. The Morgan fingerprint density at radius 2 is 1.78 bits per heavy atom. The van der Waals surface area contributed by atoms with Crippen molar-refractivity contribution in [3.8, 4) is 11.5 Å². The molecule has 0 aliphatic carbocycles. The summed E-state index contributed by atoms with van der Waals surface area (Å²) in [6.45, 7) is 0.708. The Morgan fingerprint density at radius 1 is 1.06 bits per heavy atom. The first-order chi connectivity index (χ1) is 15.3. The maximum atomic E-state index is 12.7. The van der Waals surface area contributed by atoms with Gasteiger partial charge < -0.3 is 24.3 Å². The first-order valence-corrected chi connectivity index (χ1v) is 9.65. The third-order valence-corrected chi connectivity index (χ3v) is 4.21. The fourth-order valence-electron chi connectivity index (χ4n) is 2.67. The van der Waals surface area contributed by atoms with Crippen LogP contribution in [0.5, 0.6) is 11.5 Å². The van der Waals surface area contributed by atoms with Crippen LogP contribution < -0.4 is 14.8 Å². The van der Waals surface area contributed by atoms with E-state index in [2.05, 4.69) is 15.0 Å². The summed E-state index contributed by atoms with van der Waals surface area (Å²) in [5.41, 5.74) is 0.674. The average molecular weight is 444 g/mol. The summed E-state index contributed by atoms with van der Waals surface area (Å²) < 4.78 is 20.0. The largest absolute Gasteiger partial charge is 0.493 e. The van der Waals surface area contributed by atoms with Gasteiger partial charge >= 0.3 is 17.9 Å². The number of methoxy groups -OCH3 is 2. The zero-order valence-corrected chi connectivity index (χ0v) is 18.0. The van der Waals surface area contributed by atoms with Crippen LogP contribution in [0.1, 0.15) is 29.4 Å². The van der Waals surface area contributed by atoms with Crippen LogP contribution in [0.2, 0.25) is 0 Å². The fraction of sp³-hybridized carbons (Fsp3) is 0.318. The van der Waals surface area contributed by atoms with Crippen molar-refractivity contribution in [2.24, 2.45) is 0 Å². The monoisotopic (exact) mass is 444 g/mol. The summed E-state index contributed by atoms with van der Waals surface area (Å²) in [7, 11) is 2.46. The molecule has 0 saturated heterocycles. The summed E-state index contributed by atoms with van der Waals surface area (Å²) >= 11 is 0. The van der Waals surface area contributed by atoms with E-state index in [1.54, 1.807) is 0 Å². The lowest BCUT2D eigenvalue weighted by Gasteiger charge is -2.18. The van der Waals surface area contributed by atoms with E-state index in [-0.39, 0.29) is 23.6 Å². The van der Waals surface area contributed by atoms with Gasteiger partial charge in [0, 0.05) is 25.6 Å². The van der Waals surface area contributed by atoms with Crippen molar-refractivity contribution in [2.75, 3.05) is 20.8 Å². The molecule has 0 radical (unpaired) electrons. The molecule has 1 amide bonds. The fourth-order valence-corrected chi connectivity index (χ4v) is 2.67. The second kappa shape index (κ2) is 12.0. The van der Waals surface area contributed by atoms with Gasteiger partial charge in [0.25, 0.3) is 5.91 Å². The van der Waals surface area contributed by atoms with Crippen LogP contribution in [-0.2, 0) is 30.3 Å². The minimum absolute atomic E-state index is 0.0971. The van der Waals surface area contributed by atoms with E-state index in [1.165, 1.54) is 19.4 Å². The number of hydrogen-bond acceptors (Lipinski definition) is 9. The third-order valence-electron chi connectivity index (χ3n) is 4.21. The number of aromatic nitrogens is 1. The zero-order chi connectivity index (χ0) is 23.5. The number of nitrogens with one attached hydrogen (secondary N) is 1. The van der Waals surface area contributed by atoms with Gasteiger partial charge in [-0.05, 0) is 12.0 Å². The van der Waals surface area contributed by atoms with Gasteiger partial charge in [-0.1, -0.05) is 30.3 Å². The standard InChI is InChI=1S/C22H24N2O8/c1-14(25)32-20-17(29-2)11-12-23-19(20)21(27)24-16(22(28)30-3)13-31-18(26)10-9-15-7-5-4-6-8-15/h4-8,11-12,16H,9-10,13H2,1-3H3,(H,24,27). The third kappa shape index (κ3) is 7.08. The number of ether oxygens (including phenoxy) is 4. The maximum Gasteiger partial charge on any atom is 0.331 e. The number of amides is 1. The molecule has 0 aliphatic rings. The predicted octanol–water partition coefficient (Wildman–Crippen LogP) is 1.46. The lowest BCUT2D eigenvalue weighted by molar-refractivity contribution is -0.150. The van der Waals surface area contributed by atoms with Crippen molar-refractivity contribution in [1.82, 2.24) is 10.3 Å². The Kier molecular flexibility index (Phi) is 9.15. The highest BCUT2D eigenvalue weighted by molar-refractivity contribution is 5.98. The Hall–Kier alpha value is -3.95. The summed E-state index contributed by atoms with van der Waals surface area (Å²) in [6.07, 6.45) is 1.84. The van der Waals surface area contributed by atoms with Crippen molar-refractivity contribution in [2.45, 2.75) is 25.8 Å². The van der Waals surface area contributed by atoms with Crippen molar-refractivity contribution in [1.29, 1.82) is 0 Å². The van der Waals surface area contributed by atoms with Crippen LogP contribution in [0.3, 0.4) is 0 Å². The van der Waals surface area contributed by atoms with Crippen LogP contribution in [-0.4, -0.2) is 55.7 Å². The van der Waals surface area contributed by atoms with Crippen LogP contribution in [0.15, 0.2) is 42.6 Å². The van der Waals surface area contributed by atoms with Crippen LogP contribution in [0, 0.1) is 0 Å². The highest BCUT2D eigenvalue weighted by Gasteiger charge is 2.28. The quantitative estimate of drug-likeness (QED) is 0.541. The molecule has 1 aromatic carbocycles. The number of esters is 3. The molecule has 0 bridgehead atoms. The molecule has 10 heteroatoms. The van der Waals surface area contributed by atoms with E-state index in [0.717, 1.165) is 19.6 Å². The van der Waals surface area contributed by atoms with Gasteiger partial charge in [0.05, 0.1) is 14.2 Å². The highest BCUT2D eigenvalue weighted by Crippen LogP contribution is 2.29. The molecule has 1 unspecified atom stereocenters. The van der Waals surface area contributed by atoms with E-state index < -0.39 is 36.5 Å². The van der Waals surface area contributed by atoms with E-state index >= 15 is 0 Å². The van der Waals surface area contributed by atoms with Gasteiger partial charge in [-0.3, -0.25) is 14.4 Å². The Labute approximate surface area is 184 Å². The molecule has 1 N–H and O–H groups in total. The lowest BCUT2D eigenvalue weighted by Crippen LogP contribution is -2.45. The first kappa shape index (κ1) is 24.3. The Morgan fingerprint density at radius 3 is 2.41 bits per heavy atom.